The molecule has 0 spiro atoms. The second kappa shape index (κ2) is 9.11. The first-order valence-corrected chi connectivity index (χ1v) is 7.66. The van der Waals surface area contributed by atoms with Crippen LogP contribution in [0.5, 0.6) is 11.5 Å². The van der Waals surface area contributed by atoms with Crippen molar-refractivity contribution in [1.82, 2.24) is 0 Å². The molecule has 0 radical (unpaired) electrons. The van der Waals surface area contributed by atoms with Gasteiger partial charge in [0.05, 0.1) is 20.8 Å². The summed E-state index contributed by atoms with van der Waals surface area (Å²) in [4.78, 5) is 0. The van der Waals surface area contributed by atoms with Crippen molar-refractivity contribution in [3.8, 4) is 11.5 Å². The summed E-state index contributed by atoms with van der Waals surface area (Å²) in [5.41, 5.74) is 2.40. The molecule has 0 bridgehead atoms. The fourth-order valence-electron chi connectivity index (χ4n) is 2.43. The minimum atomic E-state index is 0.684. The zero-order valence-electron chi connectivity index (χ0n) is 13.4. The van der Waals surface area contributed by atoms with Crippen LogP contribution in [0.1, 0.15) is 24.0 Å². The molecule has 3 nitrogen and oxygen atoms in total. The highest BCUT2D eigenvalue weighted by molar-refractivity contribution is 5.46. The predicted molar refractivity (Wildman–Crippen MR) is 88.6 cm³/mol. The summed E-state index contributed by atoms with van der Waals surface area (Å²) in [5.74, 6) is 1.63. The first-order chi connectivity index (χ1) is 10.8. The van der Waals surface area contributed by atoms with Crippen LogP contribution in [0.4, 0.5) is 0 Å². The molecule has 0 aromatic heterocycles. The maximum atomic E-state index is 5.70. The molecule has 0 heterocycles. The van der Waals surface area contributed by atoms with E-state index in [4.69, 9.17) is 14.2 Å². The van der Waals surface area contributed by atoms with E-state index in [0.717, 1.165) is 37.4 Å². The lowest BCUT2D eigenvalue weighted by atomic mass is 10.1. The Kier molecular flexibility index (Phi) is 6.78. The molecule has 2 aromatic carbocycles. The topological polar surface area (TPSA) is 27.7 Å². The Hall–Kier alpha value is -2.00. The van der Waals surface area contributed by atoms with Crippen molar-refractivity contribution >= 4 is 0 Å². The number of benzene rings is 2. The number of para-hydroxylation sites is 1. The Morgan fingerprint density at radius 2 is 1.64 bits per heavy atom. The van der Waals surface area contributed by atoms with Crippen LogP contribution in [0.25, 0.3) is 0 Å². The lowest BCUT2D eigenvalue weighted by molar-refractivity contribution is 0.117. The van der Waals surface area contributed by atoms with Crippen LogP contribution < -0.4 is 9.47 Å². The zero-order valence-corrected chi connectivity index (χ0v) is 13.4. The quantitative estimate of drug-likeness (QED) is 0.648. The predicted octanol–water partition coefficient (Wildman–Crippen LogP) is 4.24. The number of unbranched alkanes of at least 4 members (excludes halogenated alkanes) is 1. The van der Waals surface area contributed by atoms with Gasteiger partial charge in [-0.05, 0) is 36.5 Å². The molecule has 0 aliphatic carbocycles. The Morgan fingerprint density at radius 1 is 0.818 bits per heavy atom. The van der Waals surface area contributed by atoms with Gasteiger partial charge in [-0.3, -0.25) is 0 Å². The van der Waals surface area contributed by atoms with E-state index in [0.29, 0.717) is 6.61 Å². The van der Waals surface area contributed by atoms with E-state index < -0.39 is 0 Å². The van der Waals surface area contributed by atoms with E-state index in [1.807, 2.05) is 30.3 Å². The molecule has 0 saturated heterocycles. The maximum absolute atomic E-state index is 5.70. The first kappa shape index (κ1) is 16.4. The Labute approximate surface area is 132 Å². The SMILES string of the molecule is COc1cccc(CCCCOCc2ccccc2)c1OC. The number of ether oxygens (including phenoxy) is 3. The van der Waals surface area contributed by atoms with Gasteiger partial charge in [0.15, 0.2) is 11.5 Å². The monoisotopic (exact) mass is 300 g/mol. The molecule has 0 amide bonds. The molecule has 0 atom stereocenters. The van der Waals surface area contributed by atoms with Crippen LogP contribution in [0.2, 0.25) is 0 Å². The normalized spacial score (nSPS) is 10.5. The van der Waals surface area contributed by atoms with Crippen LogP contribution >= 0.6 is 0 Å². The summed E-state index contributed by atoms with van der Waals surface area (Å²) in [7, 11) is 3.35. The molecule has 2 rings (SSSR count). The van der Waals surface area contributed by atoms with Gasteiger partial charge >= 0.3 is 0 Å². The third-order valence-corrected chi connectivity index (χ3v) is 3.58. The van der Waals surface area contributed by atoms with E-state index in [2.05, 4.69) is 18.2 Å². The highest BCUT2D eigenvalue weighted by Crippen LogP contribution is 2.31. The average Bonchev–Trinajstić information content (AvgIpc) is 2.58. The van der Waals surface area contributed by atoms with Crippen LogP contribution in [0.15, 0.2) is 48.5 Å². The second-order valence-electron chi connectivity index (χ2n) is 5.15. The van der Waals surface area contributed by atoms with Gasteiger partial charge in [0.2, 0.25) is 0 Å². The third kappa shape index (κ3) is 4.78. The zero-order chi connectivity index (χ0) is 15.6. The fraction of sp³-hybridized carbons (Fsp3) is 0.368. The van der Waals surface area contributed by atoms with Crippen LogP contribution in [0.3, 0.4) is 0 Å². The summed E-state index contributed by atoms with van der Waals surface area (Å²) in [5, 5.41) is 0. The van der Waals surface area contributed by atoms with E-state index in [-0.39, 0.29) is 0 Å². The lowest BCUT2D eigenvalue weighted by Gasteiger charge is -2.12. The Morgan fingerprint density at radius 3 is 2.36 bits per heavy atom. The Bertz CT molecular complexity index is 552. The second-order valence-corrected chi connectivity index (χ2v) is 5.15. The van der Waals surface area contributed by atoms with E-state index in [1.54, 1.807) is 14.2 Å². The van der Waals surface area contributed by atoms with Crippen molar-refractivity contribution in [2.75, 3.05) is 20.8 Å². The smallest absolute Gasteiger partial charge is 0.163 e. The molecular formula is C19H24O3. The molecule has 3 heteroatoms. The van der Waals surface area contributed by atoms with Crippen molar-refractivity contribution in [3.63, 3.8) is 0 Å². The molecule has 0 unspecified atom stereocenters. The molecule has 0 N–H and O–H groups in total. The van der Waals surface area contributed by atoms with Gasteiger partial charge in [0.1, 0.15) is 0 Å². The Balaban J connectivity index is 1.71. The van der Waals surface area contributed by atoms with Crippen molar-refractivity contribution in [2.24, 2.45) is 0 Å². The van der Waals surface area contributed by atoms with Gasteiger partial charge in [-0.2, -0.15) is 0 Å². The standard InChI is InChI=1S/C19H24O3/c1-20-18-13-8-12-17(19(18)21-2)11-6-7-14-22-15-16-9-4-3-5-10-16/h3-5,8-10,12-13H,6-7,11,14-15H2,1-2H3. The molecule has 118 valence electrons. The largest absolute Gasteiger partial charge is 0.493 e. The molecule has 0 saturated carbocycles. The average molecular weight is 300 g/mol. The van der Waals surface area contributed by atoms with Gasteiger partial charge < -0.3 is 14.2 Å². The maximum Gasteiger partial charge on any atom is 0.163 e. The molecule has 2 aromatic rings. The number of hydrogen-bond donors (Lipinski definition) is 0. The number of rotatable bonds is 9. The van der Waals surface area contributed by atoms with E-state index >= 15 is 0 Å². The minimum Gasteiger partial charge on any atom is -0.493 e. The number of aryl methyl sites for hydroxylation is 1. The third-order valence-electron chi connectivity index (χ3n) is 3.58. The van der Waals surface area contributed by atoms with E-state index in [9.17, 15) is 0 Å². The molecule has 0 aliphatic rings. The number of hydrogen-bond acceptors (Lipinski definition) is 3. The van der Waals surface area contributed by atoms with Gasteiger partial charge in [-0.1, -0.05) is 42.5 Å². The molecular weight excluding hydrogens is 276 g/mol. The van der Waals surface area contributed by atoms with Crippen molar-refractivity contribution < 1.29 is 14.2 Å². The van der Waals surface area contributed by atoms with Crippen molar-refractivity contribution in [1.29, 1.82) is 0 Å². The van der Waals surface area contributed by atoms with Gasteiger partial charge in [-0.15, -0.1) is 0 Å². The summed E-state index contributed by atoms with van der Waals surface area (Å²) in [6.07, 6.45) is 3.07. The summed E-state index contributed by atoms with van der Waals surface area (Å²) in [6, 6.07) is 16.3. The van der Waals surface area contributed by atoms with Crippen LogP contribution in [-0.2, 0) is 17.8 Å². The minimum absolute atomic E-state index is 0.684. The highest BCUT2D eigenvalue weighted by Gasteiger charge is 2.08. The molecule has 0 fully saturated rings. The molecule has 22 heavy (non-hydrogen) atoms. The van der Waals surface area contributed by atoms with Gasteiger partial charge in [-0.25, -0.2) is 0 Å². The summed E-state index contributed by atoms with van der Waals surface area (Å²) >= 11 is 0. The van der Waals surface area contributed by atoms with E-state index in [1.165, 1.54) is 11.1 Å². The van der Waals surface area contributed by atoms with Gasteiger partial charge in [0, 0.05) is 6.61 Å². The van der Waals surface area contributed by atoms with Gasteiger partial charge in [0.25, 0.3) is 0 Å². The van der Waals surface area contributed by atoms with Crippen LogP contribution in [-0.4, -0.2) is 20.8 Å². The first-order valence-electron chi connectivity index (χ1n) is 7.66. The number of methoxy groups -OCH3 is 2. The lowest BCUT2D eigenvalue weighted by Crippen LogP contribution is -1.99. The van der Waals surface area contributed by atoms with Crippen molar-refractivity contribution in [3.05, 3.63) is 59.7 Å². The molecule has 0 aliphatic heterocycles. The summed E-state index contributed by atoms with van der Waals surface area (Å²) in [6.45, 7) is 1.46. The van der Waals surface area contributed by atoms with Crippen LogP contribution in [0, 0.1) is 0 Å². The summed E-state index contributed by atoms with van der Waals surface area (Å²) < 4.78 is 16.5. The fourth-order valence-corrected chi connectivity index (χ4v) is 2.43. The van der Waals surface area contributed by atoms with Crippen molar-refractivity contribution in [2.45, 2.75) is 25.9 Å². The highest BCUT2D eigenvalue weighted by atomic mass is 16.5.